The molecule has 0 spiro atoms. The highest BCUT2D eigenvalue weighted by Crippen LogP contribution is 2.44. The molecule has 0 unspecified atom stereocenters. The summed E-state index contributed by atoms with van der Waals surface area (Å²) < 4.78 is 10.2. The molecule has 0 bridgehead atoms. The smallest absolute Gasteiger partial charge is 0.338 e. The molecule has 14 heteroatoms. The van der Waals surface area contributed by atoms with Crippen LogP contribution in [-0.2, 0) is 14.3 Å². The molecule has 5 rings (SSSR count). The van der Waals surface area contributed by atoms with E-state index in [1.807, 2.05) is 24.3 Å². The Morgan fingerprint density at radius 3 is 2.60 bits per heavy atom. The van der Waals surface area contributed by atoms with Crippen molar-refractivity contribution < 1.29 is 23.9 Å². The second-order valence-electron chi connectivity index (χ2n) is 9.25. The fourth-order valence-corrected chi connectivity index (χ4v) is 7.79. The van der Waals surface area contributed by atoms with Crippen LogP contribution >= 0.6 is 34.9 Å². The Morgan fingerprint density at radius 1 is 1.12 bits per heavy atom. The lowest BCUT2D eigenvalue weighted by Gasteiger charge is -2.28. The summed E-state index contributed by atoms with van der Waals surface area (Å²) in [5.74, 6) is 0.181. The zero-order chi connectivity index (χ0) is 29.6. The minimum Gasteiger partial charge on any atom is -0.497 e. The number of anilines is 1. The van der Waals surface area contributed by atoms with Gasteiger partial charge in [-0.3, -0.25) is 14.4 Å². The average Bonchev–Trinajstić information content (AvgIpc) is 3.53. The summed E-state index contributed by atoms with van der Waals surface area (Å²) in [6, 6.07) is 14.1. The van der Waals surface area contributed by atoms with E-state index in [9.17, 15) is 19.2 Å². The van der Waals surface area contributed by atoms with Crippen LogP contribution in [0.15, 0.2) is 68.6 Å². The van der Waals surface area contributed by atoms with E-state index in [4.69, 9.17) is 9.47 Å². The number of hydrogen-bond donors (Lipinski definition) is 3. The molecule has 1 saturated heterocycles. The van der Waals surface area contributed by atoms with Crippen molar-refractivity contribution in [2.24, 2.45) is 16.1 Å². The van der Waals surface area contributed by atoms with E-state index in [0.29, 0.717) is 22.2 Å². The van der Waals surface area contributed by atoms with Crippen LogP contribution in [0.3, 0.4) is 0 Å². The normalized spacial score (nSPS) is 20.8. The standard InChI is InChI=1S/C28H27N5O6S3/c1-3-39-26(36)16-4-8-18(9-5-16)30-21(34)12-20-24(35)31-27(41-20)33-29-13-17-14-40-25-23(42-28(37)32-25)22(17)15-6-10-19(38-2)11-7-15/h4-11,13,17,20,22H,3,12,14H2,1-2H3,(H,30,34)(H,32,37)(H,31,33,35)/b29-13-/t17-,20+,22+/m1/s1. The number of rotatable bonds is 9. The molecule has 0 saturated carbocycles. The van der Waals surface area contributed by atoms with Gasteiger partial charge in [-0.1, -0.05) is 35.2 Å². The highest BCUT2D eigenvalue weighted by Gasteiger charge is 2.34. The number of aromatic nitrogens is 1. The molecule has 0 radical (unpaired) electrons. The van der Waals surface area contributed by atoms with E-state index in [1.165, 1.54) is 11.3 Å². The average molecular weight is 626 g/mol. The summed E-state index contributed by atoms with van der Waals surface area (Å²) in [6.45, 7) is 2.00. The first-order valence-electron chi connectivity index (χ1n) is 13.0. The molecule has 3 atom stereocenters. The maximum Gasteiger partial charge on any atom is 0.338 e. The van der Waals surface area contributed by atoms with Crippen molar-refractivity contribution in [2.45, 2.75) is 29.5 Å². The third-order valence-electron chi connectivity index (χ3n) is 6.48. The topological polar surface area (TPSA) is 151 Å². The van der Waals surface area contributed by atoms with Crippen LogP contribution in [0, 0.1) is 5.92 Å². The monoisotopic (exact) mass is 625 g/mol. The van der Waals surface area contributed by atoms with E-state index in [2.05, 4.69) is 25.8 Å². The maximum atomic E-state index is 12.6. The van der Waals surface area contributed by atoms with E-state index in [-0.39, 0.29) is 41.6 Å². The number of thiazole rings is 1. The number of hydrogen-bond acceptors (Lipinski definition) is 11. The van der Waals surface area contributed by atoms with Gasteiger partial charge in [-0.15, -0.1) is 16.9 Å². The number of H-pyrrole nitrogens is 1. The number of nitrogens with zero attached hydrogens (tertiary/aromatic N) is 2. The van der Waals surface area contributed by atoms with E-state index >= 15 is 0 Å². The summed E-state index contributed by atoms with van der Waals surface area (Å²) in [6.07, 6.45) is 1.68. The third kappa shape index (κ3) is 6.94. The molecule has 218 valence electrons. The summed E-state index contributed by atoms with van der Waals surface area (Å²) in [4.78, 5) is 52.8. The molecule has 1 fully saturated rings. The fraction of sp³-hybridized carbons (Fsp3) is 0.286. The van der Waals surface area contributed by atoms with Gasteiger partial charge in [-0.05, 0) is 48.9 Å². The van der Waals surface area contributed by atoms with Gasteiger partial charge in [-0.25, -0.2) is 4.79 Å². The van der Waals surface area contributed by atoms with Crippen LogP contribution in [0.25, 0.3) is 0 Å². The third-order valence-corrected chi connectivity index (χ3v) is 9.81. The Labute approximate surface area is 253 Å². The first kappa shape index (κ1) is 29.6. The molecule has 42 heavy (non-hydrogen) atoms. The van der Waals surface area contributed by atoms with Gasteiger partial charge in [0.25, 0.3) is 0 Å². The Morgan fingerprint density at radius 2 is 1.88 bits per heavy atom. The minimum atomic E-state index is -0.658. The quantitative estimate of drug-likeness (QED) is 0.183. The van der Waals surface area contributed by atoms with Gasteiger partial charge in [0.05, 0.1) is 24.3 Å². The lowest BCUT2D eigenvalue weighted by atomic mass is 9.86. The Kier molecular flexibility index (Phi) is 9.45. The van der Waals surface area contributed by atoms with Crippen molar-refractivity contribution in [1.82, 2.24) is 10.3 Å². The van der Waals surface area contributed by atoms with Gasteiger partial charge < -0.3 is 25.1 Å². The van der Waals surface area contributed by atoms with Gasteiger partial charge in [0.15, 0.2) is 5.17 Å². The van der Waals surface area contributed by atoms with Gasteiger partial charge in [-0.2, -0.15) is 5.10 Å². The van der Waals surface area contributed by atoms with Crippen molar-refractivity contribution in [3.63, 3.8) is 0 Å². The second kappa shape index (κ2) is 13.4. The Balaban J connectivity index is 1.21. The fourth-order valence-electron chi connectivity index (χ4n) is 4.49. The predicted molar refractivity (Wildman–Crippen MR) is 165 cm³/mol. The summed E-state index contributed by atoms with van der Waals surface area (Å²) in [5.41, 5.74) is 1.91. The molecule has 2 aromatic carbocycles. The molecule has 3 heterocycles. The number of amidine groups is 1. The van der Waals surface area contributed by atoms with Gasteiger partial charge in [0.2, 0.25) is 11.8 Å². The van der Waals surface area contributed by atoms with E-state index in [1.54, 1.807) is 56.3 Å². The zero-order valence-corrected chi connectivity index (χ0v) is 25.1. The number of benzene rings is 2. The summed E-state index contributed by atoms with van der Waals surface area (Å²) in [5, 5.41) is 14.4. The van der Waals surface area contributed by atoms with Crippen LogP contribution < -0.4 is 20.2 Å². The number of ether oxygens (including phenoxy) is 2. The van der Waals surface area contributed by atoms with Gasteiger partial charge in [0.1, 0.15) is 11.0 Å². The number of fused-ring (bicyclic) bond motifs is 1. The van der Waals surface area contributed by atoms with Crippen LogP contribution in [0.2, 0.25) is 0 Å². The number of thioether (sulfide) groups is 2. The number of amides is 2. The Bertz CT molecular complexity index is 1580. The van der Waals surface area contributed by atoms with Crippen LogP contribution in [0.1, 0.15) is 40.1 Å². The van der Waals surface area contributed by atoms with Crippen molar-refractivity contribution in [3.05, 3.63) is 74.2 Å². The van der Waals surface area contributed by atoms with Crippen molar-refractivity contribution in [1.29, 1.82) is 0 Å². The lowest BCUT2D eigenvalue weighted by molar-refractivity contribution is -0.122. The number of nitrogens with one attached hydrogen (secondary N) is 3. The molecular weight excluding hydrogens is 599 g/mol. The number of carbonyl (C=O) groups excluding carboxylic acids is 3. The van der Waals surface area contributed by atoms with Crippen LogP contribution in [-0.4, -0.2) is 58.9 Å². The first-order valence-corrected chi connectivity index (χ1v) is 15.7. The summed E-state index contributed by atoms with van der Waals surface area (Å²) in [7, 11) is 1.61. The van der Waals surface area contributed by atoms with Crippen molar-refractivity contribution >= 4 is 69.7 Å². The van der Waals surface area contributed by atoms with Crippen LogP contribution in [0.5, 0.6) is 5.75 Å². The second-order valence-corrected chi connectivity index (χ2v) is 12.5. The van der Waals surface area contributed by atoms with E-state index in [0.717, 1.165) is 33.0 Å². The molecule has 3 aromatic rings. The number of aromatic amines is 1. The SMILES string of the molecule is CCOC(=O)c1ccc(NC(=O)C[C@@H]2S/C(=N\N=C/[C@@H]3CSc4[nH]c(=O)sc4[C@H]3c3ccc(OC)cc3)NC2=O)cc1. The van der Waals surface area contributed by atoms with Crippen LogP contribution in [0.4, 0.5) is 5.69 Å². The number of esters is 1. The van der Waals surface area contributed by atoms with E-state index < -0.39 is 11.2 Å². The largest absolute Gasteiger partial charge is 0.497 e. The summed E-state index contributed by atoms with van der Waals surface area (Å²) >= 11 is 3.90. The number of methoxy groups -OCH3 is 1. The highest BCUT2D eigenvalue weighted by atomic mass is 32.2. The Hall–Kier alpha value is -3.88. The van der Waals surface area contributed by atoms with Crippen molar-refractivity contribution in [3.8, 4) is 5.75 Å². The molecular formula is C28H27N5O6S3. The highest BCUT2D eigenvalue weighted by molar-refractivity contribution is 8.15. The zero-order valence-electron chi connectivity index (χ0n) is 22.6. The molecule has 2 amide bonds. The molecule has 3 N–H and O–H groups in total. The van der Waals surface area contributed by atoms with Gasteiger partial charge >= 0.3 is 10.8 Å². The molecule has 2 aliphatic rings. The first-order chi connectivity index (χ1) is 20.3. The van der Waals surface area contributed by atoms with Gasteiger partial charge in [0, 0.05) is 40.8 Å². The number of carbonyl (C=O) groups is 3. The molecule has 0 aliphatic carbocycles. The van der Waals surface area contributed by atoms with Crippen molar-refractivity contribution in [2.75, 3.05) is 24.8 Å². The molecule has 11 nitrogen and oxygen atoms in total. The maximum absolute atomic E-state index is 12.6. The molecule has 1 aromatic heterocycles. The predicted octanol–water partition coefficient (Wildman–Crippen LogP) is 4.08. The minimum absolute atomic E-state index is 0.0504. The lowest BCUT2D eigenvalue weighted by Crippen LogP contribution is -2.28. The molecule has 2 aliphatic heterocycles.